The summed E-state index contributed by atoms with van der Waals surface area (Å²) < 4.78 is 27.8. The molecule has 2 rings (SSSR count). The van der Waals surface area contributed by atoms with Gasteiger partial charge in [0, 0.05) is 18.6 Å². The van der Waals surface area contributed by atoms with Crippen molar-refractivity contribution in [3.63, 3.8) is 0 Å². The van der Waals surface area contributed by atoms with Crippen LogP contribution in [0.25, 0.3) is 0 Å². The highest BCUT2D eigenvalue weighted by Crippen LogP contribution is 2.39. The zero-order valence-electron chi connectivity index (χ0n) is 11.6. The molecular formula is C13H22F2N2O2. The van der Waals surface area contributed by atoms with E-state index in [1.165, 1.54) is 0 Å². The number of fused-ring (bicyclic) bond motifs is 1. The van der Waals surface area contributed by atoms with Gasteiger partial charge in [-0.15, -0.1) is 0 Å². The van der Waals surface area contributed by atoms with Crippen molar-refractivity contribution in [3.05, 3.63) is 0 Å². The monoisotopic (exact) mass is 276 g/mol. The molecule has 2 fully saturated rings. The fourth-order valence-corrected chi connectivity index (χ4v) is 3.38. The molecule has 4 nitrogen and oxygen atoms in total. The Morgan fingerprint density at radius 3 is 2.79 bits per heavy atom. The van der Waals surface area contributed by atoms with Crippen molar-refractivity contribution < 1.29 is 18.7 Å². The Balaban J connectivity index is 2.08. The van der Waals surface area contributed by atoms with Crippen LogP contribution >= 0.6 is 0 Å². The first-order chi connectivity index (χ1) is 8.65. The molecule has 0 aromatic rings. The average Bonchev–Trinajstić information content (AvgIpc) is 2.80. The summed E-state index contributed by atoms with van der Waals surface area (Å²) >= 11 is 0. The second kappa shape index (κ2) is 4.66. The summed E-state index contributed by atoms with van der Waals surface area (Å²) in [6.45, 7) is 5.47. The van der Waals surface area contributed by atoms with E-state index in [0.29, 0.717) is 19.4 Å². The second-order valence-corrected chi connectivity index (χ2v) is 6.46. The molecule has 2 saturated heterocycles. The van der Waals surface area contributed by atoms with Gasteiger partial charge < -0.3 is 10.4 Å². The van der Waals surface area contributed by atoms with E-state index < -0.39 is 23.3 Å². The topological polar surface area (TPSA) is 52.6 Å². The molecule has 0 aromatic heterocycles. The van der Waals surface area contributed by atoms with E-state index in [-0.39, 0.29) is 18.6 Å². The minimum Gasteiger partial charge on any atom is -0.481 e. The van der Waals surface area contributed by atoms with Gasteiger partial charge in [0.25, 0.3) is 5.92 Å². The summed E-state index contributed by atoms with van der Waals surface area (Å²) in [6.07, 6.45) is 1.08. The van der Waals surface area contributed by atoms with Crippen molar-refractivity contribution in [1.29, 1.82) is 0 Å². The summed E-state index contributed by atoms with van der Waals surface area (Å²) in [5, 5.41) is 12.0. The van der Waals surface area contributed by atoms with Gasteiger partial charge in [-0.05, 0) is 33.6 Å². The Bertz CT molecular complexity index is 374. The zero-order valence-corrected chi connectivity index (χ0v) is 11.6. The third kappa shape index (κ3) is 2.60. The van der Waals surface area contributed by atoms with Crippen LogP contribution in [0.4, 0.5) is 8.78 Å². The maximum atomic E-state index is 13.9. The van der Waals surface area contributed by atoms with E-state index >= 15 is 0 Å². The lowest BCUT2D eigenvalue weighted by atomic mass is 9.85. The van der Waals surface area contributed by atoms with Gasteiger partial charge in [-0.25, -0.2) is 8.78 Å². The van der Waals surface area contributed by atoms with Crippen LogP contribution in [0.1, 0.15) is 33.6 Å². The lowest BCUT2D eigenvalue weighted by Gasteiger charge is -2.36. The highest BCUT2D eigenvalue weighted by Gasteiger charge is 2.56. The van der Waals surface area contributed by atoms with Crippen molar-refractivity contribution in [2.75, 3.05) is 13.1 Å². The number of alkyl halides is 2. The Kier molecular flexibility index (Phi) is 3.60. The van der Waals surface area contributed by atoms with Crippen molar-refractivity contribution in [2.45, 2.75) is 57.7 Å². The molecule has 19 heavy (non-hydrogen) atoms. The third-order valence-electron chi connectivity index (χ3n) is 4.42. The van der Waals surface area contributed by atoms with Crippen LogP contribution < -0.4 is 5.32 Å². The number of rotatable bonds is 4. The number of hydrogen-bond acceptors (Lipinski definition) is 3. The molecule has 2 heterocycles. The Hall–Kier alpha value is -0.750. The number of nitrogens with zero attached hydrogens (tertiary/aromatic N) is 1. The largest absolute Gasteiger partial charge is 0.481 e. The molecule has 0 bridgehead atoms. The molecule has 1 unspecified atom stereocenters. The predicted octanol–water partition coefficient (Wildman–Crippen LogP) is 1.56. The number of carboxylic acids is 1. The number of nitrogens with one attached hydrogen (secondary N) is 1. The molecule has 0 spiro atoms. The smallest absolute Gasteiger partial charge is 0.309 e. The van der Waals surface area contributed by atoms with Crippen molar-refractivity contribution in [2.24, 2.45) is 5.41 Å². The Morgan fingerprint density at radius 1 is 1.58 bits per heavy atom. The maximum absolute atomic E-state index is 13.9. The van der Waals surface area contributed by atoms with Crippen LogP contribution in [0.5, 0.6) is 0 Å². The van der Waals surface area contributed by atoms with E-state index in [1.807, 2.05) is 6.92 Å². The van der Waals surface area contributed by atoms with Gasteiger partial charge in [-0.2, -0.15) is 0 Å². The third-order valence-corrected chi connectivity index (χ3v) is 4.42. The normalized spacial score (nSPS) is 32.3. The number of carbonyl (C=O) groups is 1. The molecule has 6 heteroatoms. The SMILES string of the molecule is CC(CC(C)(C)C(=O)O)N1CC[C@@H]2NCC(F)(F)[C@@H]21. The van der Waals surface area contributed by atoms with E-state index in [1.54, 1.807) is 18.7 Å². The summed E-state index contributed by atoms with van der Waals surface area (Å²) in [5.41, 5.74) is -0.890. The summed E-state index contributed by atoms with van der Waals surface area (Å²) in [6, 6.07) is -1.11. The zero-order chi connectivity index (χ0) is 14.4. The van der Waals surface area contributed by atoms with Crippen molar-refractivity contribution in [1.82, 2.24) is 10.2 Å². The van der Waals surface area contributed by atoms with Crippen molar-refractivity contribution >= 4 is 5.97 Å². The first-order valence-electron chi connectivity index (χ1n) is 6.75. The van der Waals surface area contributed by atoms with Crippen LogP contribution in [0, 0.1) is 5.41 Å². The van der Waals surface area contributed by atoms with Crippen LogP contribution in [0.3, 0.4) is 0 Å². The van der Waals surface area contributed by atoms with Crippen LogP contribution in [0.15, 0.2) is 0 Å². The maximum Gasteiger partial charge on any atom is 0.309 e. The molecule has 0 amide bonds. The first kappa shape index (κ1) is 14.7. The molecule has 0 saturated carbocycles. The predicted molar refractivity (Wildman–Crippen MR) is 67.3 cm³/mol. The van der Waals surface area contributed by atoms with E-state index in [4.69, 9.17) is 5.11 Å². The van der Waals surface area contributed by atoms with Gasteiger partial charge >= 0.3 is 5.97 Å². The fourth-order valence-electron chi connectivity index (χ4n) is 3.38. The fraction of sp³-hybridized carbons (Fsp3) is 0.923. The minimum absolute atomic E-state index is 0.160. The quantitative estimate of drug-likeness (QED) is 0.818. The standard InChI is InChI=1S/C13H22F2N2O2/c1-8(6-12(2,3)11(18)19)17-5-4-9-10(17)13(14,15)7-16-9/h8-10,16H,4-7H2,1-3H3,(H,18,19)/t8?,9-,10+/m0/s1. The highest BCUT2D eigenvalue weighted by molar-refractivity contribution is 5.73. The molecule has 3 atom stereocenters. The lowest BCUT2D eigenvalue weighted by Crippen LogP contribution is -2.50. The highest BCUT2D eigenvalue weighted by atomic mass is 19.3. The van der Waals surface area contributed by atoms with Gasteiger partial charge in [-0.3, -0.25) is 9.69 Å². The van der Waals surface area contributed by atoms with Crippen LogP contribution in [-0.2, 0) is 4.79 Å². The summed E-state index contributed by atoms with van der Waals surface area (Å²) in [5.74, 6) is -3.60. The van der Waals surface area contributed by atoms with Gasteiger partial charge in [-0.1, -0.05) is 0 Å². The lowest BCUT2D eigenvalue weighted by molar-refractivity contribution is -0.148. The molecule has 2 N–H and O–H groups in total. The van der Waals surface area contributed by atoms with Gasteiger partial charge in [0.15, 0.2) is 0 Å². The number of carboxylic acid groups (broad SMARTS) is 1. The van der Waals surface area contributed by atoms with E-state index in [9.17, 15) is 13.6 Å². The number of halogens is 2. The Labute approximate surface area is 112 Å². The average molecular weight is 276 g/mol. The number of aliphatic carboxylic acids is 1. The Morgan fingerprint density at radius 2 is 2.21 bits per heavy atom. The minimum atomic E-state index is -2.72. The molecular weight excluding hydrogens is 254 g/mol. The molecule has 2 aliphatic rings. The first-order valence-corrected chi connectivity index (χ1v) is 6.75. The van der Waals surface area contributed by atoms with Gasteiger partial charge in [0.1, 0.15) is 0 Å². The second-order valence-electron chi connectivity index (χ2n) is 6.46. The van der Waals surface area contributed by atoms with Crippen LogP contribution in [0.2, 0.25) is 0 Å². The number of hydrogen-bond donors (Lipinski definition) is 2. The van der Waals surface area contributed by atoms with E-state index in [0.717, 1.165) is 0 Å². The molecule has 0 aliphatic carbocycles. The summed E-state index contributed by atoms with van der Waals surface area (Å²) in [4.78, 5) is 12.9. The molecule has 0 radical (unpaired) electrons. The molecule has 2 aliphatic heterocycles. The molecule has 0 aromatic carbocycles. The van der Waals surface area contributed by atoms with Crippen LogP contribution in [-0.4, -0.2) is 53.1 Å². The molecule has 110 valence electrons. The van der Waals surface area contributed by atoms with Crippen molar-refractivity contribution in [3.8, 4) is 0 Å². The van der Waals surface area contributed by atoms with Gasteiger partial charge in [0.05, 0.1) is 18.0 Å². The summed E-state index contributed by atoms with van der Waals surface area (Å²) in [7, 11) is 0. The van der Waals surface area contributed by atoms with Gasteiger partial charge in [0.2, 0.25) is 0 Å². The van der Waals surface area contributed by atoms with E-state index in [2.05, 4.69) is 5.32 Å². The number of likely N-dealkylation sites (tertiary alicyclic amines) is 1.